The fourth-order valence-corrected chi connectivity index (χ4v) is 2.14. The molecule has 0 aromatic heterocycles. The van der Waals surface area contributed by atoms with Crippen LogP contribution in [0.5, 0.6) is 0 Å². The van der Waals surface area contributed by atoms with E-state index in [9.17, 15) is 0 Å². The maximum atomic E-state index is 5.70. The SMILES string of the molecule is CN(C)CCNC[C@H]1CCOC(C)(C)C1. The van der Waals surface area contributed by atoms with Crippen molar-refractivity contribution in [2.45, 2.75) is 32.3 Å². The summed E-state index contributed by atoms with van der Waals surface area (Å²) in [6.45, 7) is 8.66. The van der Waals surface area contributed by atoms with Gasteiger partial charge in [0.05, 0.1) is 5.60 Å². The zero-order valence-corrected chi connectivity index (χ0v) is 10.7. The van der Waals surface area contributed by atoms with Crippen molar-refractivity contribution in [2.24, 2.45) is 5.92 Å². The van der Waals surface area contributed by atoms with Crippen LogP contribution < -0.4 is 5.32 Å². The highest BCUT2D eigenvalue weighted by atomic mass is 16.5. The lowest BCUT2D eigenvalue weighted by atomic mass is 9.88. The second-order valence-electron chi connectivity index (χ2n) is 5.47. The summed E-state index contributed by atoms with van der Waals surface area (Å²) >= 11 is 0. The number of nitrogens with one attached hydrogen (secondary N) is 1. The summed E-state index contributed by atoms with van der Waals surface area (Å²) in [6, 6.07) is 0. The zero-order valence-electron chi connectivity index (χ0n) is 10.7. The van der Waals surface area contributed by atoms with Gasteiger partial charge < -0.3 is 15.0 Å². The first-order valence-electron chi connectivity index (χ1n) is 5.99. The molecule has 0 aliphatic carbocycles. The van der Waals surface area contributed by atoms with Gasteiger partial charge >= 0.3 is 0 Å². The zero-order chi connectivity index (χ0) is 11.3. The first-order chi connectivity index (χ1) is 6.99. The monoisotopic (exact) mass is 214 g/mol. The highest BCUT2D eigenvalue weighted by Gasteiger charge is 2.28. The molecule has 0 aromatic carbocycles. The van der Waals surface area contributed by atoms with Crippen molar-refractivity contribution in [1.29, 1.82) is 0 Å². The summed E-state index contributed by atoms with van der Waals surface area (Å²) in [5.41, 5.74) is 0.0894. The van der Waals surface area contributed by atoms with E-state index in [4.69, 9.17) is 4.74 Å². The number of nitrogens with zero attached hydrogens (tertiary/aromatic N) is 1. The minimum Gasteiger partial charge on any atom is -0.376 e. The molecule has 0 bridgehead atoms. The van der Waals surface area contributed by atoms with Crippen LogP contribution in [0.3, 0.4) is 0 Å². The van der Waals surface area contributed by atoms with E-state index in [1.807, 2.05) is 0 Å². The molecule has 0 saturated carbocycles. The number of likely N-dealkylation sites (N-methyl/N-ethyl adjacent to an activating group) is 1. The molecular weight excluding hydrogens is 188 g/mol. The fraction of sp³-hybridized carbons (Fsp3) is 1.00. The van der Waals surface area contributed by atoms with E-state index < -0.39 is 0 Å². The fourth-order valence-electron chi connectivity index (χ4n) is 2.14. The summed E-state index contributed by atoms with van der Waals surface area (Å²) in [4.78, 5) is 2.21. The van der Waals surface area contributed by atoms with Gasteiger partial charge in [-0.05, 0) is 53.2 Å². The highest BCUT2D eigenvalue weighted by Crippen LogP contribution is 2.27. The van der Waals surface area contributed by atoms with Gasteiger partial charge in [-0.15, -0.1) is 0 Å². The second-order valence-corrected chi connectivity index (χ2v) is 5.47. The molecule has 90 valence electrons. The largest absolute Gasteiger partial charge is 0.376 e. The molecule has 3 heteroatoms. The normalized spacial score (nSPS) is 25.8. The summed E-state index contributed by atoms with van der Waals surface area (Å²) in [6.07, 6.45) is 2.39. The van der Waals surface area contributed by atoms with Crippen LogP contribution in [-0.2, 0) is 4.74 Å². The van der Waals surface area contributed by atoms with Crippen molar-refractivity contribution in [3.8, 4) is 0 Å². The Kier molecular flexibility index (Phi) is 5.03. The van der Waals surface area contributed by atoms with Crippen LogP contribution in [-0.4, -0.2) is 50.8 Å². The van der Waals surface area contributed by atoms with E-state index in [1.165, 1.54) is 12.8 Å². The van der Waals surface area contributed by atoms with Crippen molar-refractivity contribution >= 4 is 0 Å². The van der Waals surface area contributed by atoms with Gasteiger partial charge in [-0.25, -0.2) is 0 Å². The van der Waals surface area contributed by atoms with Crippen LogP contribution in [0.25, 0.3) is 0 Å². The molecular formula is C12H26N2O. The molecule has 1 aliphatic rings. The van der Waals surface area contributed by atoms with E-state index in [0.29, 0.717) is 0 Å². The Morgan fingerprint density at radius 2 is 2.13 bits per heavy atom. The minimum atomic E-state index is 0.0894. The molecule has 0 amide bonds. The van der Waals surface area contributed by atoms with Gasteiger partial charge in [0.1, 0.15) is 0 Å². The molecule has 1 atom stereocenters. The van der Waals surface area contributed by atoms with Crippen LogP contribution in [0.1, 0.15) is 26.7 Å². The van der Waals surface area contributed by atoms with Crippen molar-refractivity contribution in [3.05, 3.63) is 0 Å². The number of hydrogen-bond acceptors (Lipinski definition) is 3. The van der Waals surface area contributed by atoms with E-state index in [1.54, 1.807) is 0 Å². The lowest BCUT2D eigenvalue weighted by Gasteiger charge is -2.35. The lowest BCUT2D eigenvalue weighted by molar-refractivity contribution is -0.0718. The highest BCUT2D eigenvalue weighted by molar-refractivity contribution is 4.79. The van der Waals surface area contributed by atoms with Gasteiger partial charge in [-0.3, -0.25) is 0 Å². The van der Waals surface area contributed by atoms with Crippen molar-refractivity contribution < 1.29 is 4.74 Å². The molecule has 15 heavy (non-hydrogen) atoms. The topological polar surface area (TPSA) is 24.5 Å². The van der Waals surface area contributed by atoms with Gasteiger partial charge in [0.2, 0.25) is 0 Å². The summed E-state index contributed by atoms with van der Waals surface area (Å²) in [5, 5.41) is 3.53. The van der Waals surface area contributed by atoms with Gasteiger partial charge in [0, 0.05) is 19.7 Å². The maximum Gasteiger partial charge on any atom is 0.0629 e. The number of rotatable bonds is 5. The average Bonchev–Trinajstić information content (AvgIpc) is 2.10. The van der Waals surface area contributed by atoms with Gasteiger partial charge in [-0.1, -0.05) is 0 Å². The lowest BCUT2D eigenvalue weighted by Crippen LogP contribution is -2.39. The van der Waals surface area contributed by atoms with Crippen LogP contribution >= 0.6 is 0 Å². The van der Waals surface area contributed by atoms with Crippen LogP contribution in [0.4, 0.5) is 0 Å². The molecule has 3 nitrogen and oxygen atoms in total. The number of hydrogen-bond donors (Lipinski definition) is 1. The minimum absolute atomic E-state index is 0.0894. The molecule has 1 aliphatic heterocycles. The van der Waals surface area contributed by atoms with Crippen LogP contribution in [0.15, 0.2) is 0 Å². The van der Waals surface area contributed by atoms with E-state index in [2.05, 4.69) is 38.2 Å². The van der Waals surface area contributed by atoms with Gasteiger partial charge in [-0.2, -0.15) is 0 Å². The van der Waals surface area contributed by atoms with E-state index >= 15 is 0 Å². The first-order valence-corrected chi connectivity index (χ1v) is 5.99. The standard InChI is InChI=1S/C12H26N2O/c1-12(2)9-11(5-8-15-12)10-13-6-7-14(3)4/h11,13H,5-10H2,1-4H3/t11-/m0/s1. The summed E-state index contributed by atoms with van der Waals surface area (Å²) < 4.78 is 5.70. The van der Waals surface area contributed by atoms with E-state index in [-0.39, 0.29) is 5.60 Å². The molecule has 1 fully saturated rings. The Balaban J connectivity index is 2.11. The molecule has 0 spiro atoms. The Morgan fingerprint density at radius 3 is 2.73 bits per heavy atom. The third kappa shape index (κ3) is 5.50. The van der Waals surface area contributed by atoms with E-state index in [0.717, 1.165) is 32.2 Å². The predicted octanol–water partition coefficient (Wildman–Crippen LogP) is 1.34. The molecule has 0 unspecified atom stereocenters. The summed E-state index contributed by atoms with van der Waals surface area (Å²) in [5.74, 6) is 0.788. The number of ether oxygens (including phenoxy) is 1. The van der Waals surface area contributed by atoms with Crippen molar-refractivity contribution in [1.82, 2.24) is 10.2 Å². The maximum absolute atomic E-state index is 5.70. The molecule has 0 aromatic rings. The molecule has 0 radical (unpaired) electrons. The Labute approximate surface area is 94.2 Å². The molecule has 1 N–H and O–H groups in total. The molecule has 1 heterocycles. The van der Waals surface area contributed by atoms with Crippen LogP contribution in [0, 0.1) is 5.92 Å². The van der Waals surface area contributed by atoms with Crippen LogP contribution in [0.2, 0.25) is 0 Å². The smallest absolute Gasteiger partial charge is 0.0629 e. The van der Waals surface area contributed by atoms with Crippen molar-refractivity contribution in [3.63, 3.8) is 0 Å². The van der Waals surface area contributed by atoms with Crippen molar-refractivity contribution in [2.75, 3.05) is 40.3 Å². The Hall–Kier alpha value is -0.120. The first kappa shape index (κ1) is 12.9. The molecule has 1 saturated heterocycles. The Morgan fingerprint density at radius 1 is 1.40 bits per heavy atom. The average molecular weight is 214 g/mol. The predicted molar refractivity (Wildman–Crippen MR) is 64.2 cm³/mol. The third-order valence-corrected chi connectivity index (χ3v) is 2.97. The quantitative estimate of drug-likeness (QED) is 0.699. The summed E-state index contributed by atoms with van der Waals surface area (Å²) in [7, 11) is 4.22. The second kappa shape index (κ2) is 5.83. The van der Waals surface area contributed by atoms with Gasteiger partial charge in [0.25, 0.3) is 0 Å². The van der Waals surface area contributed by atoms with Gasteiger partial charge in [0.15, 0.2) is 0 Å². The molecule has 1 rings (SSSR count). The third-order valence-electron chi connectivity index (χ3n) is 2.97. The Bertz CT molecular complexity index is 180.